The van der Waals surface area contributed by atoms with Crippen LogP contribution in [0, 0.1) is 0 Å². The molecule has 0 amide bonds. The summed E-state index contributed by atoms with van der Waals surface area (Å²) in [6, 6.07) is 7.15. The Morgan fingerprint density at radius 3 is 2.58 bits per heavy atom. The van der Waals surface area contributed by atoms with E-state index in [1.807, 2.05) is 6.07 Å². The Hall–Kier alpha value is -1.20. The van der Waals surface area contributed by atoms with Crippen LogP contribution in [0.2, 0.25) is 5.02 Å². The van der Waals surface area contributed by atoms with Gasteiger partial charge in [-0.05, 0) is 23.8 Å². The first-order valence-electron chi connectivity index (χ1n) is 7.16. The van der Waals surface area contributed by atoms with Crippen LogP contribution >= 0.6 is 23.8 Å². The Kier molecular flexibility index (Phi) is 6.99. The molecule has 24 heavy (non-hydrogen) atoms. The van der Waals surface area contributed by atoms with Crippen molar-refractivity contribution in [3.63, 3.8) is 0 Å². The summed E-state index contributed by atoms with van der Waals surface area (Å²) in [5, 5.41) is 49.1. The molecule has 1 aromatic carbocycles. The third-order valence-electron chi connectivity index (χ3n) is 3.52. The zero-order valence-corrected chi connectivity index (χ0v) is 14.1. The number of hydrogen-bond acceptors (Lipinski definition) is 7. The van der Waals surface area contributed by atoms with Gasteiger partial charge in [0.2, 0.25) is 5.11 Å². The largest absolute Gasteiger partial charge is 0.394 e. The highest BCUT2D eigenvalue weighted by Gasteiger charge is 2.43. The van der Waals surface area contributed by atoms with E-state index >= 15 is 0 Å². The first-order valence-corrected chi connectivity index (χ1v) is 7.94. The van der Waals surface area contributed by atoms with Crippen LogP contribution < -0.4 is 5.32 Å². The molecule has 1 aliphatic rings. The molecular weight excluding hydrogens is 358 g/mol. The van der Waals surface area contributed by atoms with Gasteiger partial charge in [-0.25, -0.2) is 0 Å². The highest BCUT2D eigenvalue weighted by molar-refractivity contribution is 7.80. The summed E-state index contributed by atoms with van der Waals surface area (Å²) in [7, 11) is 0. The van der Waals surface area contributed by atoms with Gasteiger partial charge in [0.25, 0.3) is 0 Å². The van der Waals surface area contributed by atoms with E-state index < -0.39 is 37.3 Å². The van der Waals surface area contributed by atoms with Crippen molar-refractivity contribution in [1.29, 1.82) is 0 Å². The van der Waals surface area contributed by atoms with Crippen molar-refractivity contribution in [2.24, 2.45) is 10.2 Å². The van der Waals surface area contributed by atoms with Gasteiger partial charge >= 0.3 is 0 Å². The minimum absolute atomic E-state index is 0.0774. The van der Waals surface area contributed by atoms with E-state index in [0.29, 0.717) is 5.02 Å². The molecule has 1 aromatic rings. The Bertz CT molecular complexity index is 604. The van der Waals surface area contributed by atoms with Crippen molar-refractivity contribution in [3.05, 3.63) is 34.9 Å². The Balaban J connectivity index is 1.91. The minimum Gasteiger partial charge on any atom is -0.394 e. The zero-order chi connectivity index (χ0) is 17.7. The summed E-state index contributed by atoms with van der Waals surface area (Å²) in [5.41, 5.74) is 0.776. The normalized spacial score (nSPS) is 30.5. The fourth-order valence-corrected chi connectivity index (χ4v) is 2.54. The van der Waals surface area contributed by atoms with E-state index in [9.17, 15) is 15.3 Å². The fraction of sp³-hybridized carbons (Fsp3) is 0.500. The molecule has 1 aliphatic heterocycles. The molecule has 0 aliphatic carbocycles. The number of rotatable bonds is 4. The lowest BCUT2D eigenvalue weighted by atomic mass is 9.98. The van der Waals surface area contributed by atoms with Crippen molar-refractivity contribution in [1.82, 2.24) is 5.32 Å². The number of thiocarbonyl (C=S) groups is 1. The van der Waals surface area contributed by atoms with E-state index in [1.54, 1.807) is 18.2 Å². The van der Waals surface area contributed by atoms with Gasteiger partial charge in [-0.15, -0.1) is 5.11 Å². The maximum absolute atomic E-state index is 9.88. The number of nitrogens with one attached hydrogen (secondary N) is 1. The predicted molar refractivity (Wildman–Crippen MR) is 89.5 cm³/mol. The van der Waals surface area contributed by atoms with Crippen LogP contribution in [0.4, 0.5) is 0 Å². The number of halogens is 1. The lowest BCUT2D eigenvalue weighted by molar-refractivity contribution is -0.232. The van der Waals surface area contributed by atoms with E-state index in [0.717, 1.165) is 5.56 Å². The number of hydrogen-bond donors (Lipinski definition) is 5. The van der Waals surface area contributed by atoms with Crippen molar-refractivity contribution < 1.29 is 25.2 Å². The average Bonchev–Trinajstić information content (AvgIpc) is 2.57. The first-order chi connectivity index (χ1) is 11.4. The molecule has 8 nitrogen and oxygen atoms in total. The minimum atomic E-state index is -1.49. The van der Waals surface area contributed by atoms with Crippen LogP contribution in [-0.2, 0) is 11.3 Å². The summed E-state index contributed by atoms with van der Waals surface area (Å²) in [5.74, 6) is 0. The molecule has 1 saturated heterocycles. The van der Waals surface area contributed by atoms with Gasteiger partial charge in [0, 0.05) is 5.02 Å². The van der Waals surface area contributed by atoms with E-state index in [-0.39, 0.29) is 11.7 Å². The number of azo groups is 1. The van der Waals surface area contributed by atoms with Crippen LogP contribution in [0.5, 0.6) is 0 Å². The highest BCUT2D eigenvalue weighted by atomic mass is 35.5. The Morgan fingerprint density at radius 2 is 1.92 bits per heavy atom. The van der Waals surface area contributed by atoms with Crippen molar-refractivity contribution in [2.75, 3.05) is 6.61 Å². The highest BCUT2D eigenvalue weighted by Crippen LogP contribution is 2.20. The predicted octanol–water partition coefficient (Wildman–Crippen LogP) is -0.0334. The molecule has 0 bridgehead atoms. The molecule has 5 N–H and O–H groups in total. The van der Waals surface area contributed by atoms with Crippen molar-refractivity contribution in [3.8, 4) is 0 Å². The molecule has 1 fully saturated rings. The zero-order valence-electron chi connectivity index (χ0n) is 12.5. The summed E-state index contributed by atoms with van der Waals surface area (Å²) in [6.07, 6.45) is -6.52. The van der Waals surface area contributed by atoms with E-state index in [2.05, 4.69) is 15.5 Å². The summed E-state index contributed by atoms with van der Waals surface area (Å²) >= 11 is 11.0. The van der Waals surface area contributed by atoms with Gasteiger partial charge in [0.15, 0.2) is 6.23 Å². The average molecular weight is 376 g/mol. The molecule has 10 heteroatoms. The molecular formula is C14H18ClN3O5S. The molecule has 0 spiro atoms. The molecule has 2 rings (SSSR count). The number of ether oxygens (including phenoxy) is 1. The number of nitrogens with zero attached hydrogens (tertiary/aromatic N) is 2. The van der Waals surface area contributed by atoms with Crippen molar-refractivity contribution >= 4 is 28.9 Å². The van der Waals surface area contributed by atoms with Gasteiger partial charge in [-0.1, -0.05) is 29.8 Å². The van der Waals surface area contributed by atoms with E-state index in [4.69, 9.17) is 33.7 Å². The van der Waals surface area contributed by atoms with Gasteiger partial charge < -0.3 is 30.5 Å². The SMILES string of the molecule is OC[C@H]1O[C@@H](NC(=S)N=NCc2ccccc2Cl)[C@H](O)[C@@H](O)[C@@H]1O. The second-order valence-electron chi connectivity index (χ2n) is 5.19. The Labute approximate surface area is 148 Å². The van der Waals surface area contributed by atoms with Crippen LogP contribution in [0.25, 0.3) is 0 Å². The molecule has 0 saturated carbocycles. The lowest BCUT2D eigenvalue weighted by Gasteiger charge is -2.40. The summed E-state index contributed by atoms with van der Waals surface area (Å²) in [6.45, 7) is -0.305. The van der Waals surface area contributed by atoms with Crippen LogP contribution in [0.3, 0.4) is 0 Å². The number of benzene rings is 1. The van der Waals surface area contributed by atoms with Gasteiger partial charge in [-0.3, -0.25) is 0 Å². The standard InChI is InChI=1S/C14H18ClN3O5S/c15-8-4-2-1-3-7(8)5-16-18-14(24)17-13-12(22)11(21)10(20)9(6-19)23-13/h1-4,9-13,19-22H,5-6H2,(H,17,24)/t9-,10-,11+,12-,13-/m1/s1. The molecule has 0 unspecified atom stereocenters. The maximum Gasteiger partial charge on any atom is 0.215 e. The lowest BCUT2D eigenvalue weighted by Crippen LogP contribution is -2.62. The molecule has 1 heterocycles. The number of aliphatic hydroxyl groups is 4. The topological polar surface area (TPSA) is 127 Å². The van der Waals surface area contributed by atoms with Gasteiger partial charge in [0.1, 0.15) is 24.4 Å². The summed E-state index contributed by atoms with van der Waals surface area (Å²) in [4.78, 5) is 0. The van der Waals surface area contributed by atoms with Gasteiger partial charge in [0.05, 0.1) is 13.2 Å². The Morgan fingerprint density at radius 1 is 1.21 bits per heavy atom. The van der Waals surface area contributed by atoms with Crippen LogP contribution in [-0.4, -0.2) is 62.8 Å². The fourth-order valence-electron chi connectivity index (χ4n) is 2.17. The molecule has 0 radical (unpaired) electrons. The second kappa shape index (κ2) is 8.77. The monoisotopic (exact) mass is 375 g/mol. The van der Waals surface area contributed by atoms with Crippen LogP contribution in [0.1, 0.15) is 5.56 Å². The molecule has 0 aromatic heterocycles. The van der Waals surface area contributed by atoms with Crippen LogP contribution in [0.15, 0.2) is 34.5 Å². The molecule has 132 valence electrons. The maximum atomic E-state index is 9.88. The van der Waals surface area contributed by atoms with Crippen molar-refractivity contribution in [2.45, 2.75) is 37.2 Å². The second-order valence-corrected chi connectivity index (χ2v) is 5.98. The first kappa shape index (κ1) is 19.1. The number of aliphatic hydroxyl groups excluding tert-OH is 4. The smallest absolute Gasteiger partial charge is 0.215 e. The quantitative estimate of drug-likeness (QED) is 0.369. The van der Waals surface area contributed by atoms with E-state index in [1.165, 1.54) is 0 Å². The third kappa shape index (κ3) is 4.67. The summed E-state index contributed by atoms with van der Waals surface area (Å²) < 4.78 is 5.25. The molecule has 5 atom stereocenters. The third-order valence-corrected chi connectivity index (χ3v) is 4.09. The van der Waals surface area contributed by atoms with Gasteiger partial charge in [-0.2, -0.15) is 5.11 Å².